The summed E-state index contributed by atoms with van der Waals surface area (Å²) in [6.07, 6.45) is 4.26. The van der Waals surface area contributed by atoms with Crippen molar-refractivity contribution in [3.05, 3.63) is 28.2 Å². The molecule has 0 radical (unpaired) electrons. The highest BCUT2D eigenvalue weighted by atomic mass is 79.9. The van der Waals surface area contributed by atoms with Crippen LogP contribution in [0.5, 0.6) is 0 Å². The lowest BCUT2D eigenvalue weighted by atomic mass is 9.87. The average molecular weight is 375 g/mol. The van der Waals surface area contributed by atoms with Gasteiger partial charge >= 0.3 is 5.97 Å². The number of benzene rings is 1. The summed E-state index contributed by atoms with van der Waals surface area (Å²) in [5.74, 6) is -0.501. The quantitative estimate of drug-likeness (QED) is 0.867. The maximum atomic E-state index is 12.8. The van der Waals surface area contributed by atoms with Gasteiger partial charge in [0, 0.05) is 4.47 Å². The zero-order chi connectivity index (χ0) is 15.6. The van der Waals surface area contributed by atoms with Gasteiger partial charge in [-0.3, -0.25) is 0 Å². The van der Waals surface area contributed by atoms with Gasteiger partial charge in [0.25, 0.3) is 0 Å². The second-order valence-electron chi connectivity index (χ2n) is 5.55. The van der Waals surface area contributed by atoms with Crippen LogP contribution in [-0.4, -0.2) is 24.7 Å². The van der Waals surface area contributed by atoms with Crippen molar-refractivity contribution in [2.75, 3.05) is 0 Å². The first-order valence-electron chi connectivity index (χ1n) is 7.13. The molecule has 1 aliphatic carbocycles. The Bertz CT molecular complexity index is 631. The predicted molar refractivity (Wildman–Crippen MR) is 84.3 cm³/mol. The van der Waals surface area contributed by atoms with Crippen LogP contribution >= 0.6 is 15.9 Å². The summed E-state index contributed by atoms with van der Waals surface area (Å²) >= 11 is 3.24. The van der Waals surface area contributed by atoms with Gasteiger partial charge in [-0.15, -0.1) is 0 Å². The number of carbonyl (C=O) groups is 1. The largest absolute Gasteiger partial charge is 0.478 e. The monoisotopic (exact) mass is 374 g/mol. The van der Waals surface area contributed by atoms with Crippen LogP contribution in [0.1, 0.15) is 49.4 Å². The number of hydrogen-bond acceptors (Lipinski definition) is 3. The summed E-state index contributed by atoms with van der Waals surface area (Å²) in [4.78, 5) is 11.1. The van der Waals surface area contributed by atoms with E-state index in [1.54, 1.807) is 0 Å². The van der Waals surface area contributed by atoms with E-state index in [0.29, 0.717) is 23.2 Å². The van der Waals surface area contributed by atoms with Gasteiger partial charge in [-0.25, -0.2) is 13.2 Å². The molecule has 116 valence electrons. The van der Waals surface area contributed by atoms with E-state index in [9.17, 15) is 13.2 Å². The fourth-order valence-corrected chi connectivity index (χ4v) is 5.69. The standard InChI is InChI=1S/C15H19BrO4S/c1-2-10-3-6-12(7-4-10)21(19,20)14-9-11(15(17)18)5-8-13(14)16/h5,8-10,12H,2-4,6-7H2,1H3,(H,17,18). The molecule has 1 aromatic carbocycles. The highest BCUT2D eigenvalue weighted by molar-refractivity contribution is 9.10. The zero-order valence-electron chi connectivity index (χ0n) is 11.9. The Morgan fingerprint density at radius 1 is 1.29 bits per heavy atom. The van der Waals surface area contributed by atoms with Crippen LogP contribution in [0.4, 0.5) is 0 Å². The van der Waals surface area contributed by atoms with Crippen LogP contribution in [0.15, 0.2) is 27.6 Å². The van der Waals surface area contributed by atoms with Crippen molar-refractivity contribution in [2.45, 2.75) is 49.2 Å². The van der Waals surface area contributed by atoms with Crippen LogP contribution in [0.2, 0.25) is 0 Å². The highest BCUT2D eigenvalue weighted by Gasteiger charge is 2.33. The summed E-state index contributed by atoms with van der Waals surface area (Å²) in [6.45, 7) is 2.13. The van der Waals surface area contributed by atoms with E-state index < -0.39 is 21.1 Å². The van der Waals surface area contributed by atoms with Gasteiger partial charge in [0.05, 0.1) is 15.7 Å². The molecule has 0 bridgehead atoms. The van der Waals surface area contributed by atoms with Crippen molar-refractivity contribution in [2.24, 2.45) is 5.92 Å². The fourth-order valence-electron chi connectivity index (χ4n) is 2.88. The first-order chi connectivity index (χ1) is 9.86. The molecule has 2 rings (SSSR count). The highest BCUT2D eigenvalue weighted by Crippen LogP contribution is 2.35. The van der Waals surface area contributed by atoms with Gasteiger partial charge in [-0.05, 0) is 65.7 Å². The van der Waals surface area contributed by atoms with Crippen LogP contribution in [-0.2, 0) is 9.84 Å². The Balaban J connectivity index is 2.32. The Hall–Kier alpha value is -0.880. The minimum absolute atomic E-state index is 0.000908. The lowest BCUT2D eigenvalue weighted by Gasteiger charge is -2.27. The van der Waals surface area contributed by atoms with E-state index in [0.717, 1.165) is 19.3 Å². The van der Waals surface area contributed by atoms with Crippen LogP contribution in [0.25, 0.3) is 0 Å². The van der Waals surface area contributed by atoms with Gasteiger partial charge in [0.1, 0.15) is 0 Å². The summed E-state index contributed by atoms with van der Waals surface area (Å²) in [5.41, 5.74) is -0.000908. The van der Waals surface area contributed by atoms with E-state index in [1.807, 2.05) is 0 Å². The average Bonchev–Trinajstić information content (AvgIpc) is 2.47. The molecule has 0 saturated heterocycles. The predicted octanol–water partition coefficient (Wildman–Crippen LogP) is 3.89. The molecule has 0 amide bonds. The van der Waals surface area contributed by atoms with Crippen molar-refractivity contribution < 1.29 is 18.3 Å². The first kappa shape index (κ1) is 16.5. The van der Waals surface area contributed by atoms with Crippen molar-refractivity contribution >= 4 is 31.7 Å². The van der Waals surface area contributed by atoms with Gasteiger partial charge in [0.15, 0.2) is 9.84 Å². The molecule has 1 saturated carbocycles. The second kappa shape index (κ2) is 6.48. The van der Waals surface area contributed by atoms with Gasteiger partial charge in [0.2, 0.25) is 0 Å². The lowest BCUT2D eigenvalue weighted by molar-refractivity contribution is 0.0696. The molecule has 0 heterocycles. The Morgan fingerprint density at radius 3 is 2.43 bits per heavy atom. The molecule has 1 aromatic rings. The molecule has 21 heavy (non-hydrogen) atoms. The molecule has 0 aromatic heterocycles. The Labute approximate surface area is 133 Å². The topological polar surface area (TPSA) is 71.4 Å². The second-order valence-corrected chi connectivity index (χ2v) is 8.60. The minimum atomic E-state index is -3.49. The minimum Gasteiger partial charge on any atom is -0.478 e. The van der Waals surface area contributed by atoms with Crippen molar-refractivity contribution in [3.8, 4) is 0 Å². The van der Waals surface area contributed by atoms with Gasteiger partial charge < -0.3 is 5.11 Å². The fraction of sp³-hybridized carbons (Fsp3) is 0.533. The number of halogens is 1. The van der Waals surface area contributed by atoms with Crippen LogP contribution in [0, 0.1) is 5.92 Å². The van der Waals surface area contributed by atoms with Gasteiger partial charge in [-0.1, -0.05) is 13.3 Å². The van der Waals surface area contributed by atoms with Crippen molar-refractivity contribution in [1.82, 2.24) is 0 Å². The zero-order valence-corrected chi connectivity index (χ0v) is 14.3. The molecule has 0 aliphatic heterocycles. The number of carboxylic acid groups (broad SMARTS) is 1. The van der Waals surface area contributed by atoms with Crippen molar-refractivity contribution in [3.63, 3.8) is 0 Å². The Morgan fingerprint density at radius 2 is 1.90 bits per heavy atom. The molecule has 0 unspecified atom stereocenters. The lowest BCUT2D eigenvalue weighted by Crippen LogP contribution is -2.27. The smallest absolute Gasteiger partial charge is 0.335 e. The summed E-state index contributed by atoms with van der Waals surface area (Å²) in [7, 11) is -3.49. The molecular formula is C15H19BrO4S. The third-order valence-electron chi connectivity index (χ3n) is 4.29. The van der Waals surface area contributed by atoms with E-state index in [2.05, 4.69) is 22.9 Å². The van der Waals surface area contributed by atoms with E-state index in [4.69, 9.17) is 5.11 Å². The number of hydrogen-bond donors (Lipinski definition) is 1. The SMILES string of the molecule is CCC1CCC(S(=O)(=O)c2cc(C(=O)O)ccc2Br)CC1. The van der Waals surface area contributed by atoms with E-state index in [1.165, 1.54) is 18.2 Å². The maximum absolute atomic E-state index is 12.8. The Kier molecular flexibility index (Phi) is 5.09. The summed E-state index contributed by atoms with van der Waals surface area (Å²) < 4.78 is 25.9. The number of carboxylic acids is 1. The molecular weight excluding hydrogens is 356 g/mol. The number of rotatable bonds is 4. The van der Waals surface area contributed by atoms with Crippen molar-refractivity contribution in [1.29, 1.82) is 0 Å². The molecule has 1 aliphatic rings. The molecule has 0 atom stereocenters. The van der Waals surface area contributed by atoms with Gasteiger partial charge in [-0.2, -0.15) is 0 Å². The molecule has 6 heteroatoms. The van der Waals surface area contributed by atoms with Crippen LogP contribution < -0.4 is 0 Å². The molecule has 0 spiro atoms. The molecule has 1 N–H and O–H groups in total. The molecule has 4 nitrogen and oxygen atoms in total. The third-order valence-corrected chi connectivity index (χ3v) is 7.55. The third kappa shape index (κ3) is 3.48. The van der Waals surface area contributed by atoms with E-state index in [-0.39, 0.29) is 10.5 Å². The first-order valence-corrected chi connectivity index (χ1v) is 9.47. The molecule has 1 fully saturated rings. The number of aromatic carboxylic acids is 1. The summed E-state index contributed by atoms with van der Waals surface area (Å²) in [6, 6.07) is 4.15. The van der Waals surface area contributed by atoms with E-state index >= 15 is 0 Å². The van der Waals surface area contributed by atoms with Crippen LogP contribution in [0.3, 0.4) is 0 Å². The normalized spacial score (nSPS) is 23.0. The number of sulfone groups is 1. The summed E-state index contributed by atoms with van der Waals surface area (Å²) in [5, 5.41) is 8.63. The maximum Gasteiger partial charge on any atom is 0.335 e.